The topological polar surface area (TPSA) is 151 Å². The number of phenolic OH excluding ortho intramolecular Hbond substituents is 5. The van der Waals surface area contributed by atoms with Crippen molar-refractivity contribution in [2.75, 3.05) is 0 Å². The molecule has 2 aromatic rings. The first-order valence-corrected chi connectivity index (χ1v) is 7.23. The molecule has 2 aromatic carbocycles. The van der Waals surface area contributed by atoms with E-state index in [4.69, 9.17) is 0 Å². The molecule has 2 rings (SSSR count). The van der Waals surface area contributed by atoms with Gasteiger partial charge in [-0.15, -0.1) is 0 Å². The minimum atomic E-state index is -1.35. The Morgan fingerprint density at radius 2 is 1.56 bits per heavy atom. The van der Waals surface area contributed by atoms with E-state index in [-0.39, 0.29) is 34.8 Å². The summed E-state index contributed by atoms with van der Waals surface area (Å²) in [5.74, 6) is -3.73. The summed E-state index contributed by atoms with van der Waals surface area (Å²) in [7, 11) is 0. The fourth-order valence-corrected chi connectivity index (χ4v) is 2.37. The van der Waals surface area contributed by atoms with Gasteiger partial charge in [0.2, 0.25) is 5.75 Å². The highest BCUT2D eigenvalue weighted by atomic mass is 16.4. The van der Waals surface area contributed by atoms with Crippen LogP contribution in [0.3, 0.4) is 0 Å². The third-order valence-electron chi connectivity index (χ3n) is 3.64. The van der Waals surface area contributed by atoms with Gasteiger partial charge in [0, 0.05) is 17.7 Å². The SMILES string of the molecule is CC(=NC(Cc1ccc(O)c(O)c1O)C(=O)O)c1c(O)cccc1O. The van der Waals surface area contributed by atoms with Crippen LogP contribution in [0.4, 0.5) is 0 Å². The summed E-state index contributed by atoms with van der Waals surface area (Å²) >= 11 is 0. The zero-order chi connectivity index (χ0) is 18.7. The Morgan fingerprint density at radius 3 is 2.12 bits per heavy atom. The zero-order valence-electron chi connectivity index (χ0n) is 13.2. The molecule has 132 valence electrons. The Labute approximate surface area is 142 Å². The Kier molecular flexibility index (Phi) is 5.02. The van der Waals surface area contributed by atoms with Crippen LogP contribution in [-0.4, -0.2) is 48.4 Å². The van der Waals surface area contributed by atoms with Gasteiger partial charge < -0.3 is 30.6 Å². The molecule has 1 atom stereocenters. The van der Waals surface area contributed by atoms with Crippen molar-refractivity contribution in [3.8, 4) is 28.7 Å². The first kappa shape index (κ1) is 17.9. The molecule has 0 saturated carbocycles. The van der Waals surface area contributed by atoms with Gasteiger partial charge in [-0.25, -0.2) is 4.79 Å². The highest BCUT2D eigenvalue weighted by Gasteiger charge is 2.22. The second-order valence-corrected chi connectivity index (χ2v) is 5.38. The van der Waals surface area contributed by atoms with Crippen molar-refractivity contribution in [1.82, 2.24) is 0 Å². The lowest BCUT2D eigenvalue weighted by Gasteiger charge is -2.13. The van der Waals surface area contributed by atoms with Crippen LogP contribution in [0.1, 0.15) is 18.1 Å². The number of aliphatic imine (C=N–C) groups is 1. The van der Waals surface area contributed by atoms with Gasteiger partial charge in [-0.1, -0.05) is 12.1 Å². The number of phenols is 5. The third kappa shape index (κ3) is 3.74. The first-order chi connectivity index (χ1) is 11.7. The van der Waals surface area contributed by atoms with Crippen molar-refractivity contribution in [2.24, 2.45) is 4.99 Å². The number of rotatable bonds is 5. The minimum Gasteiger partial charge on any atom is -0.507 e. The summed E-state index contributed by atoms with van der Waals surface area (Å²) in [6, 6.07) is 5.11. The van der Waals surface area contributed by atoms with E-state index in [0.29, 0.717) is 0 Å². The molecule has 1 unspecified atom stereocenters. The van der Waals surface area contributed by atoms with Crippen LogP contribution >= 0.6 is 0 Å². The lowest BCUT2D eigenvalue weighted by atomic mass is 10.0. The lowest BCUT2D eigenvalue weighted by molar-refractivity contribution is -0.138. The fourth-order valence-electron chi connectivity index (χ4n) is 2.37. The molecule has 0 heterocycles. The van der Waals surface area contributed by atoms with Crippen molar-refractivity contribution in [3.05, 3.63) is 41.5 Å². The first-order valence-electron chi connectivity index (χ1n) is 7.23. The van der Waals surface area contributed by atoms with Crippen molar-refractivity contribution < 1.29 is 35.4 Å². The molecule has 0 radical (unpaired) electrons. The van der Waals surface area contributed by atoms with Gasteiger partial charge in [0.15, 0.2) is 17.5 Å². The summed E-state index contributed by atoms with van der Waals surface area (Å²) in [4.78, 5) is 15.5. The maximum absolute atomic E-state index is 11.5. The number of aromatic hydroxyl groups is 5. The molecule has 0 aliphatic heterocycles. The molecular formula is C17H17NO7. The highest BCUT2D eigenvalue weighted by molar-refractivity contribution is 6.04. The van der Waals surface area contributed by atoms with Gasteiger partial charge in [0.05, 0.1) is 5.56 Å². The van der Waals surface area contributed by atoms with Crippen LogP contribution < -0.4 is 0 Å². The molecule has 0 spiro atoms. The molecule has 0 aliphatic carbocycles. The van der Waals surface area contributed by atoms with E-state index in [2.05, 4.69) is 4.99 Å². The monoisotopic (exact) mass is 347 g/mol. The predicted molar refractivity (Wildman–Crippen MR) is 88.5 cm³/mol. The molecule has 0 saturated heterocycles. The molecule has 0 fully saturated rings. The molecule has 0 aliphatic rings. The number of carboxylic acids is 1. The van der Waals surface area contributed by atoms with Crippen molar-refractivity contribution in [3.63, 3.8) is 0 Å². The Hall–Kier alpha value is -3.42. The smallest absolute Gasteiger partial charge is 0.328 e. The number of nitrogens with zero attached hydrogens (tertiary/aromatic N) is 1. The highest BCUT2D eigenvalue weighted by Crippen LogP contribution is 2.37. The van der Waals surface area contributed by atoms with Crippen LogP contribution in [0.5, 0.6) is 28.7 Å². The predicted octanol–water partition coefficient (Wildman–Crippen LogP) is 1.72. The number of carboxylic acid groups (broad SMARTS) is 1. The van der Waals surface area contributed by atoms with Gasteiger partial charge in [-0.05, 0) is 25.1 Å². The second kappa shape index (κ2) is 7.00. The molecule has 0 amide bonds. The Bertz CT molecular complexity index is 825. The molecule has 8 heteroatoms. The molecule has 25 heavy (non-hydrogen) atoms. The fraction of sp³-hybridized carbons (Fsp3) is 0.176. The van der Waals surface area contributed by atoms with Crippen LogP contribution in [0.2, 0.25) is 0 Å². The van der Waals surface area contributed by atoms with Gasteiger partial charge in [-0.2, -0.15) is 0 Å². The molecule has 6 N–H and O–H groups in total. The van der Waals surface area contributed by atoms with Crippen LogP contribution in [-0.2, 0) is 11.2 Å². The maximum atomic E-state index is 11.5. The molecule has 8 nitrogen and oxygen atoms in total. The van der Waals surface area contributed by atoms with Crippen LogP contribution in [0, 0.1) is 0 Å². The zero-order valence-corrected chi connectivity index (χ0v) is 13.2. The van der Waals surface area contributed by atoms with Gasteiger partial charge >= 0.3 is 5.97 Å². The van der Waals surface area contributed by atoms with E-state index in [1.165, 1.54) is 31.2 Å². The van der Waals surface area contributed by atoms with Crippen molar-refractivity contribution >= 4 is 11.7 Å². The van der Waals surface area contributed by atoms with Crippen molar-refractivity contribution in [1.29, 1.82) is 0 Å². The lowest BCUT2D eigenvalue weighted by Crippen LogP contribution is -2.22. The average molecular weight is 347 g/mol. The van der Waals surface area contributed by atoms with E-state index in [0.717, 1.165) is 6.07 Å². The maximum Gasteiger partial charge on any atom is 0.328 e. The normalized spacial score (nSPS) is 12.8. The van der Waals surface area contributed by atoms with Gasteiger partial charge in [0.1, 0.15) is 11.5 Å². The summed E-state index contributed by atoms with van der Waals surface area (Å²) in [5, 5.41) is 57.7. The third-order valence-corrected chi connectivity index (χ3v) is 3.64. The van der Waals surface area contributed by atoms with E-state index in [1.807, 2.05) is 0 Å². The van der Waals surface area contributed by atoms with Gasteiger partial charge in [-0.3, -0.25) is 4.99 Å². The summed E-state index contributed by atoms with van der Waals surface area (Å²) in [5.41, 5.74) is 0.165. The second-order valence-electron chi connectivity index (χ2n) is 5.38. The average Bonchev–Trinajstić information content (AvgIpc) is 2.54. The van der Waals surface area contributed by atoms with E-state index < -0.39 is 29.3 Å². The summed E-state index contributed by atoms with van der Waals surface area (Å²) < 4.78 is 0. The standard InChI is InChI=1S/C17H17NO7/c1-8(14-11(19)3-2-4-12(14)20)18-10(17(24)25)7-9-5-6-13(21)16(23)15(9)22/h2-6,10,19-23H,7H2,1H3,(H,24,25). The quantitative estimate of drug-likeness (QED) is 0.356. The largest absolute Gasteiger partial charge is 0.507 e. The van der Waals surface area contributed by atoms with E-state index in [9.17, 15) is 35.4 Å². The summed E-state index contributed by atoms with van der Waals surface area (Å²) in [6.45, 7) is 1.43. The number of hydrogen-bond donors (Lipinski definition) is 6. The molecular weight excluding hydrogens is 330 g/mol. The summed E-state index contributed by atoms with van der Waals surface area (Å²) in [6.07, 6.45) is -0.277. The molecule has 0 bridgehead atoms. The van der Waals surface area contributed by atoms with Crippen LogP contribution in [0.25, 0.3) is 0 Å². The molecule has 0 aromatic heterocycles. The number of hydrogen-bond acceptors (Lipinski definition) is 7. The van der Waals surface area contributed by atoms with Gasteiger partial charge in [0.25, 0.3) is 0 Å². The van der Waals surface area contributed by atoms with Crippen LogP contribution in [0.15, 0.2) is 35.3 Å². The van der Waals surface area contributed by atoms with E-state index >= 15 is 0 Å². The Balaban J connectivity index is 2.39. The number of carbonyl (C=O) groups is 1. The Morgan fingerprint density at radius 1 is 0.960 bits per heavy atom. The number of benzene rings is 2. The minimum absolute atomic E-state index is 0.00604. The van der Waals surface area contributed by atoms with E-state index in [1.54, 1.807) is 0 Å². The number of aliphatic carboxylic acids is 1. The van der Waals surface area contributed by atoms with Crippen molar-refractivity contribution in [2.45, 2.75) is 19.4 Å².